The van der Waals surface area contributed by atoms with Crippen LogP contribution in [0.25, 0.3) is 0 Å². The number of benzene rings is 1. The second-order valence-electron chi connectivity index (χ2n) is 3.65. The van der Waals surface area contributed by atoms with Gasteiger partial charge in [-0.25, -0.2) is 4.39 Å². The molecular formula is C11H13F4NO2. The molecule has 0 aliphatic carbocycles. The lowest BCUT2D eigenvalue weighted by Gasteiger charge is -2.17. The van der Waals surface area contributed by atoms with Crippen molar-refractivity contribution in [3.05, 3.63) is 23.5 Å². The average molecular weight is 267 g/mol. The summed E-state index contributed by atoms with van der Waals surface area (Å²) in [7, 11) is 2.60. The maximum absolute atomic E-state index is 13.6. The van der Waals surface area contributed by atoms with Crippen molar-refractivity contribution in [2.45, 2.75) is 18.6 Å². The summed E-state index contributed by atoms with van der Waals surface area (Å²) in [5, 5.41) is 0. The summed E-state index contributed by atoms with van der Waals surface area (Å²) in [6, 6.07) is 0.583. The van der Waals surface area contributed by atoms with E-state index >= 15 is 0 Å². The molecule has 2 N–H and O–H groups in total. The molecule has 18 heavy (non-hydrogen) atoms. The van der Waals surface area contributed by atoms with Crippen molar-refractivity contribution in [2.75, 3.05) is 14.2 Å². The molecule has 1 aromatic rings. The van der Waals surface area contributed by atoms with Crippen LogP contribution in [0.2, 0.25) is 0 Å². The highest BCUT2D eigenvalue weighted by Crippen LogP contribution is 2.35. The number of nitrogens with two attached hydrogens (primary N) is 1. The second-order valence-corrected chi connectivity index (χ2v) is 3.65. The molecule has 0 fully saturated rings. The Morgan fingerprint density at radius 2 is 1.67 bits per heavy atom. The molecule has 0 radical (unpaired) electrons. The van der Waals surface area contributed by atoms with Crippen molar-refractivity contribution in [2.24, 2.45) is 5.73 Å². The summed E-state index contributed by atoms with van der Waals surface area (Å²) >= 11 is 0. The SMILES string of the molecule is COc1cc(F)c([C@H](N)CC(F)(F)F)cc1OC. The smallest absolute Gasteiger partial charge is 0.390 e. The van der Waals surface area contributed by atoms with Crippen LogP contribution < -0.4 is 15.2 Å². The number of ether oxygens (including phenoxy) is 2. The number of alkyl halides is 3. The van der Waals surface area contributed by atoms with Crippen LogP contribution in [-0.2, 0) is 0 Å². The van der Waals surface area contributed by atoms with E-state index in [9.17, 15) is 17.6 Å². The highest BCUT2D eigenvalue weighted by molar-refractivity contribution is 5.44. The van der Waals surface area contributed by atoms with E-state index < -0.39 is 24.5 Å². The van der Waals surface area contributed by atoms with Gasteiger partial charge in [0.05, 0.1) is 20.6 Å². The van der Waals surface area contributed by atoms with Crippen LogP contribution in [0, 0.1) is 5.82 Å². The number of hydrogen-bond acceptors (Lipinski definition) is 3. The Hall–Kier alpha value is -1.50. The molecule has 0 bridgehead atoms. The summed E-state index contributed by atoms with van der Waals surface area (Å²) < 4.78 is 59.9. The molecule has 3 nitrogen and oxygen atoms in total. The Labute approximate surface area is 101 Å². The first-order valence-corrected chi connectivity index (χ1v) is 5.02. The normalized spacial score (nSPS) is 13.3. The van der Waals surface area contributed by atoms with Gasteiger partial charge in [-0.05, 0) is 6.07 Å². The van der Waals surface area contributed by atoms with Gasteiger partial charge in [0.25, 0.3) is 0 Å². The molecule has 1 atom stereocenters. The van der Waals surface area contributed by atoms with E-state index in [-0.39, 0.29) is 17.1 Å². The number of hydrogen-bond donors (Lipinski definition) is 1. The molecule has 0 aromatic heterocycles. The lowest BCUT2D eigenvalue weighted by Crippen LogP contribution is -2.21. The maximum Gasteiger partial charge on any atom is 0.390 e. The van der Waals surface area contributed by atoms with Crippen LogP contribution >= 0.6 is 0 Å². The van der Waals surface area contributed by atoms with E-state index in [1.165, 1.54) is 14.2 Å². The first kappa shape index (κ1) is 14.6. The number of methoxy groups -OCH3 is 2. The molecule has 0 heterocycles. The van der Waals surface area contributed by atoms with Crippen LogP contribution in [-0.4, -0.2) is 20.4 Å². The fourth-order valence-corrected chi connectivity index (χ4v) is 1.51. The van der Waals surface area contributed by atoms with E-state index in [1.54, 1.807) is 0 Å². The van der Waals surface area contributed by atoms with Crippen molar-refractivity contribution in [3.63, 3.8) is 0 Å². The third kappa shape index (κ3) is 3.49. The predicted octanol–water partition coefficient (Wildman–Crippen LogP) is 2.80. The molecule has 1 aromatic carbocycles. The third-order valence-corrected chi connectivity index (χ3v) is 2.35. The maximum atomic E-state index is 13.6. The van der Waals surface area contributed by atoms with Gasteiger partial charge in [0.2, 0.25) is 0 Å². The minimum atomic E-state index is -4.46. The van der Waals surface area contributed by atoms with Gasteiger partial charge in [-0.15, -0.1) is 0 Å². The lowest BCUT2D eigenvalue weighted by molar-refractivity contribution is -0.138. The Morgan fingerprint density at radius 1 is 1.17 bits per heavy atom. The fraction of sp³-hybridized carbons (Fsp3) is 0.455. The zero-order valence-corrected chi connectivity index (χ0v) is 9.84. The molecule has 0 aliphatic rings. The van der Waals surface area contributed by atoms with Gasteiger partial charge in [0.15, 0.2) is 11.5 Å². The summed E-state index contributed by atoms with van der Waals surface area (Å²) in [6.07, 6.45) is -5.77. The van der Waals surface area contributed by atoms with Crippen molar-refractivity contribution >= 4 is 0 Å². The summed E-state index contributed by atoms with van der Waals surface area (Å²) in [6.45, 7) is 0. The van der Waals surface area contributed by atoms with Gasteiger partial charge in [0, 0.05) is 17.7 Å². The van der Waals surface area contributed by atoms with E-state index in [2.05, 4.69) is 0 Å². The monoisotopic (exact) mass is 267 g/mol. The first-order valence-electron chi connectivity index (χ1n) is 5.02. The van der Waals surface area contributed by atoms with Gasteiger partial charge >= 0.3 is 6.18 Å². The van der Waals surface area contributed by atoms with E-state index in [0.717, 1.165) is 12.1 Å². The molecule has 0 aliphatic heterocycles. The molecule has 7 heteroatoms. The van der Waals surface area contributed by atoms with Crippen molar-refractivity contribution < 1.29 is 27.0 Å². The zero-order valence-electron chi connectivity index (χ0n) is 9.84. The first-order chi connectivity index (χ1) is 8.28. The quantitative estimate of drug-likeness (QED) is 0.853. The summed E-state index contributed by atoms with van der Waals surface area (Å²) in [5.41, 5.74) is 5.08. The predicted molar refractivity (Wildman–Crippen MR) is 57.1 cm³/mol. The van der Waals surface area contributed by atoms with Crippen LogP contribution in [0.4, 0.5) is 17.6 Å². The topological polar surface area (TPSA) is 44.5 Å². The molecule has 102 valence electrons. The van der Waals surface area contributed by atoms with Gasteiger partial charge in [-0.2, -0.15) is 13.2 Å². The summed E-state index contributed by atoms with van der Waals surface area (Å²) in [4.78, 5) is 0. The minimum absolute atomic E-state index is 0.0953. The number of rotatable bonds is 4. The van der Waals surface area contributed by atoms with Crippen LogP contribution in [0.1, 0.15) is 18.0 Å². The van der Waals surface area contributed by atoms with Crippen molar-refractivity contribution in [1.82, 2.24) is 0 Å². The Balaban J connectivity index is 3.09. The molecule has 1 rings (SSSR count). The summed E-state index contributed by atoms with van der Waals surface area (Å²) in [5.74, 6) is -0.631. The Morgan fingerprint density at radius 3 is 2.11 bits per heavy atom. The van der Waals surface area contributed by atoms with Crippen LogP contribution in [0.5, 0.6) is 11.5 Å². The third-order valence-electron chi connectivity index (χ3n) is 2.35. The molecule has 0 unspecified atom stereocenters. The van der Waals surface area contributed by atoms with Gasteiger partial charge in [0.1, 0.15) is 5.82 Å². The lowest BCUT2D eigenvalue weighted by atomic mass is 10.0. The highest BCUT2D eigenvalue weighted by Gasteiger charge is 2.32. The van der Waals surface area contributed by atoms with E-state index in [1.807, 2.05) is 0 Å². The van der Waals surface area contributed by atoms with Crippen LogP contribution in [0.15, 0.2) is 12.1 Å². The second kappa shape index (κ2) is 5.43. The molecular weight excluding hydrogens is 254 g/mol. The number of halogens is 4. The van der Waals surface area contributed by atoms with E-state index in [4.69, 9.17) is 15.2 Å². The molecule has 0 saturated carbocycles. The van der Waals surface area contributed by atoms with Gasteiger partial charge < -0.3 is 15.2 Å². The van der Waals surface area contributed by atoms with Gasteiger partial charge in [-0.3, -0.25) is 0 Å². The molecule has 0 saturated heterocycles. The average Bonchev–Trinajstić information content (AvgIpc) is 2.26. The Kier molecular flexibility index (Phi) is 4.39. The van der Waals surface area contributed by atoms with Gasteiger partial charge in [-0.1, -0.05) is 0 Å². The van der Waals surface area contributed by atoms with Crippen molar-refractivity contribution in [3.8, 4) is 11.5 Å². The van der Waals surface area contributed by atoms with E-state index in [0.29, 0.717) is 0 Å². The van der Waals surface area contributed by atoms with Crippen LogP contribution in [0.3, 0.4) is 0 Å². The fourth-order valence-electron chi connectivity index (χ4n) is 1.51. The Bertz CT molecular complexity index is 420. The zero-order chi connectivity index (χ0) is 13.9. The standard InChI is InChI=1S/C11H13F4NO2/c1-17-9-3-6(7(12)4-10(9)18-2)8(16)5-11(13,14)15/h3-4,8H,5,16H2,1-2H3/t8-/m1/s1. The minimum Gasteiger partial charge on any atom is -0.493 e. The van der Waals surface area contributed by atoms with Crippen molar-refractivity contribution in [1.29, 1.82) is 0 Å². The molecule has 0 amide bonds. The molecule has 0 spiro atoms. The highest BCUT2D eigenvalue weighted by atomic mass is 19.4. The largest absolute Gasteiger partial charge is 0.493 e.